The molecule has 0 fully saturated rings. The Morgan fingerprint density at radius 1 is 1.36 bits per heavy atom. The first-order chi connectivity index (χ1) is 13.3. The van der Waals surface area contributed by atoms with Crippen LogP contribution in [-0.4, -0.2) is 23.7 Å². The summed E-state index contributed by atoms with van der Waals surface area (Å²) < 4.78 is 5.37. The Kier molecular flexibility index (Phi) is 7.34. The Labute approximate surface area is 166 Å². The van der Waals surface area contributed by atoms with E-state index in [1.807, 2.05) is 12.1 Å². The summed E-state index contributed by atoms with van der Waals surface area (Å²) in [6, 6.07) is 9.64. The Morgan fingerprint density at radius 2 is 2.04 bits per heavy atom. The zero-order valence-corrected chi connectivity index (χ0v) is 16.1. The molecule has 28 heavy (non-hydrogen) atoms. The maximum Gasteiger partial charge on any atom is 0.277 e. The minimum atomic E-state index is -0.843. The lowest BCUT2D eigenvalue weighted by Gasteiger charge is -2.11. The van der Waals surface area contributed by atoms with Crippen molar-refractivity contribution in [3.05, 3.63) is 62.7 Å². The molecule has 0 saturated carbocycles. The topological polar surface area (TPSA) is 117 Å². The van der Waals surface area contributed by atoms with Crippen LogP contribution in [0.15, 0.2) is 41.5 Å². The predicted octanol–water partition coefficient (Wildman–Crippen LogP) is 3.36. The summed E-state index contributed by atoms with van der Waals surface area (Å²) >= 11 is 5.75. The number of carbonyl (C=O) groups is 1. The van der Waals surface area contributed by atoms with Crippen LogP contribution in [0.5, 0.6) is 11.5 Å². The number of rotatable bonds is 8. The fraction of sp³-hybridized carbons (Fsp3) is 0.263. The van der Waals surface area contributed by atoms with Gasteiger partial charge in [-0.1, -0.05) is 37.6 Å². The smallest absolute Gasteiger partial charge is 0.277 e. The minimum absolute atomic E-state index is 0.0169. The van der Waals surface area contributed by atoms with Crippen molar-refractivity contribution >= 4 is 29.4 Å². The van der Waals surface area contributed by atoms with Gasteiger partial charge in [0.1, 0.15) is 5.75 Å². The van der Waals surface area contributed by atoms with Gasteiger partial charge in [0.25, 0.3) is 11.6 Å². The molecule has 1 N–H and O–H groups in total. The van der Waals surface area contributed by atoms with Crippen LogP contribution in [-0.2, 0) is 4.79 Å². The summed E-state index contributed by atoms with van der Waals surface area (Å²) in [6.45, 7) is 3.96. The molecule has 0 aliphatic rings. The molecule has 0 saturated heterocycles. The number of hydrogen-bond acceptors (Lipinski definition) is 6. The SMILES string of the molecule is CC[C@@H](C)c1ccc(OCC(=O)N/N=C\c2cc(Cl)cc([N+](=O)[O-])c2[O-])cc1. The van der Waals surface area contributed by atoms with Crippen LogP contribution in [0.25, 0.3) is 0 Å². The van der Waals surface area contributed by atoms with E-state index in [1.54, 1.807) is 12.1 Å². The van der Waals surface area contributed by atoms with Gasteiger partial charge in [-0.15, -0.1) is 0 Å². The van der Waals surface area contributed by atoms with Gasteiger partial charge in [-0.25, -0.2) is 5.43 Å². The van der Waals surface area contributed by atoms with Crippen LogP contribution in [0.3, 0.4) is 0 Å². The number of benzene rings is 2. The molecule has 0 aromatic heterocycles. The number of halogens is 1. The zero-order chi connectivity index (χ0) is 20.7. The molecule has 1 amide bonds. The van der Waals surface area contributed by atoms with E-state index in [2.05, 4.69) is 24.4 Å². The zero-order valence-electron chi connectivity index (χ0n) is 15.3. The third-order valence-corrected chi connectivity index (χ3v) is 4.30. The maximum absolute atomic E-state index is 11.9. The molecular weight excluding hydrogens is 386 g/mol. The van der Waals surface area contributed by atoms with Gasteiger partial charge in [0, 0.05) is 11.1 Å². The molecule has 0 spiro atoms. The lowest BCUT2D eigenvalue weighted by molar-refractivity contribution is -0.398. The van der Waals surface area contributed by atoms with Crippen LogP contribution in [0.2, 0.25) is 5.02 Å². The molecule has 148 valence electrons. The standard InChI is InChI=1S/C19H20ClN3O5/c1-3-12(2)13-4-6-16(7-5-13)28-11-18(24)22-21-10-14-8-15(20)9-17(19(14)25)23(26)27/h4-10,12,25H,3,11H2,1-2H3,(H,22,24)/p-1/b21-10-/t12-/m1/s1. The van der Waals surface area contributed by atoms with Gasteiger partial charge >= 0.3 is 0 Å². The van der Waals surface area contributed by atoms with Gasteiger partial charge in [0.2, 0.25) is 0 Å². The Hall–Kier alpha value is -3.13. The second kappa shape index (κ2) is 9.70. The summed E-state index contributed by atoms with van der Waals surface area (Å²) in [4.78, 5) is 21.8. The number of hydrogen-bond donors (Lipinski definition) is 1. The number of nitrogens with one attached hydrogen (secondary N) is 1. The van der Waals surface area contributed by atoms with Crippen molar-refractivity contribution in [1.82, 2.24) is 5.43 Å². The Morgan fingerprint density at radius 3 is 2.64 bits per heavy atom. The van der Waals surface area contributed by atoms with Crippen LogP contribution >= 0.6 is 11.6 Å². The highest BCUT2D eigenvalue weighted by atomic mass is 35.5. The normalized spacial score (nSPS) is 12.0. The molecule has 0 heterocycles. The van der Waals surface area contributed by atoms with E-state index in [9.17, 15) is 20.0 Å². The van der Waals surface area contributed by atoms with Gasteiger partial charge in [0.05, 0.1) is 11.1 Å². The van der Waals surface area contributed by atoms with Crippen LogP contribution in [0.4, 0.5) is 5.69 Å². The predicted molar refractivity (Wildman–Crippen MR) is 104 cm³/mol. The first kappa shape index (κ1) is 21.2. The van der Waals surface area contributed by atoms with Crippen molar-refractivity contribution in [2.24, 2.45) is 5.10 Å². The fourth-order valence-corrected chi connectivity index (χ4v) is 2.54. The van der Waals surface area contributed by atoms with E-state index < -0.39 is 22.3 Å². The molecule has 2 aromatic carbocycles. The van der Waals surface area contributed by atoms with E-state index in [0.717, 1.165) is 18.7 Å². The molecule has 0 aliphatic heterocycles. The third kappa shape index (κ3) is 5.68. The lowest BCUT2D eigenvalue weighted by Crippen LogP contribution is -2.24. The van der Waals surface area contributed by atoms with Crippen molar-refractivity contribution in [1.29, 1.82) is 0 Å². The van der Waals surface area contributed by atoms with Crippen molar-refractivity contribution in [2.45, 2.75) is 26.2 Å². The highest BCUT2D eigenvalue weighted by molar-refractivity contribution is 6.31. The molecule has 0 bridgehead atoms. The molecule has 9 heteroatoms. The monoisotopic (exact) mass is 404 g/mol. The van der Waals surface area contributed by atoms with Gasteiger partial charge in [-0.3, -0.25) is 14.9 Å². The second-order valence-electron chi connectivity index (χ2n) is 6.06. The number of nitro benzene ring substituents is 1. The highest BCUT2D eigenvalue weighted by Crippen LogP contribution is 2.29. The van der Waals surface area contributed by atoms with E-state index in [0.29, 0.717) is 11.7 Å². The van der Waals surface area contributed by atoms with Crippen LogP contribution < -0.4 is 15.3 Å². The average molecular weight is 405 g/mol. The molecule has 0 aliphatic carbocycles. The number of ether oxygens (including phenoxy) is 1. The molecule has 1 atom stereocenters. The number of amides is 1. The number of nitro groups is 1. The molecule has 0 radical (unpaired) electrons. The fourth-order valence-electron chi connectivity index (χ4n) is 2.31. The largest absolute Gasteiger partial charge is 0.867 e. The summed E-state index contributed by atoms with van der Waals surface area (Å²) in [5, 5.41) is 26.4. The van der Waals surface area contributed by atoms with Crippen molar-refractivity contribution < 1.29 is 19.6 Å². The van der Waals surface area contributed by atoms with Gasteiger partial charge in [-0.05, 0) is 47.4 Å². The highest BCUT2D eigenvalue weighted by Gasteiger charge is 2.11. The molecule has 0 unspecified atom stereocenters. The molecule has 2 rings (SSSR count). The van der Waals surface area contributed by atoms with Crippen LogP contribution in [0.1, 0.15) is 37.3 Å². The number of carbonyl (C=O) groups excluding carboxylic acids is 1. The Bertz CT molecular complexity index is 884. The second-order valence-corrected chi connectivity index (χ2v) is 6.50. The van der Waals surface area contributed by atoms with Gasteiger partial charge in [0.15, 0.2) is 6.61 Å². The van der Waals surface area contributed by atoms with Crippen molar-refractivity contribution in [3.8, 4) is 11.5 Å². The van der Waals surface area contributed by atoms with E-state index in [-0.39, 0.29) is 17.2 Å². The number of hydrazone groups is 1. The molecule has 2 aromatic rings. The lowest BCUT2D eigenvalue weighted by atomic mass is 9.99. The third-order valence-electron chi connectivity index (χ3n) is 4.08. The molecule has 8 nitrogen and oxygen atoms in total. The van der Waals surface area contributed by atoms with Crippen LogP contribution in [0, 0.1) is 10.1 Å². The Balaban J connectivity index is 1.91. The quantitative estimate of drug-likeness (QED) is 0.411. The first-order valence-electron chi connectivity index (χ1n) is 8.51. The average Bonchev–Trinajstić information content (AvgIpc) is 2.68. The minimum Gasteiger partial charge on any atom is -0.867 e. The summed E-state index contributed by atoms with van der Waals surface area (Å²) in [5.41, 5.74) is 2.60. The van der Waals surface area contributed by atoms with E-state index in [1.165, 1.54) is 11.6 Å². The van der Waals surface area contributed by atoms with Crippen molar-refractivity contribution in [3.63, 3.8) is 0 Å². The maximum atomic E-state index is 11.9. The summed E-state index contributed by atoms with van der Waals surface area (Å²) in [6.07, 6.45) is 2.03. The molecular formula is C19H19ClN3O5-. The summed E-state index contributed by atoms with van der Waals surface area (Å²) in [5.74, 6) is -0.408. The van der Waals surface area contributed by atoms with E-state index in [4.69, 9.17) is 16.3 Å². The van der Waals surface area contributed by atoms with Crippen molar-refractivity contribution in [2.75, 3.05) is 6.61 Å². The van der Waals surface area contributed by atoms with Gasteiger partial charge in [-0.2, -0.15) is 5.10 Å². The van der Waals surface area contributed by atoms with Gasteiger partial charge < -0.3 is 9.84 Å². The van der Waals surface area contributed by atoms with E-state index >= 15 is 0 Å². The number of nitrogens with zero attached hydrogens (tertiary/aromatic N) is 2. The first-order valence-corrected chi connectivity index (χ1v) is 8.89. The summed E-state index contributed by atoms with van der Waals surface area (Å²) in [7, 11) is 0.